The van der Waals surface area contributed by atoms with Crippen molar-refractivity contribution in [3.63, 3.8) is 0 Å². The lowest BCUT2D eigenvalue weighted by Crippen LogP contribution is -2.36. The molecule has 0 aliphatic rings. The van der Waals surface area contributed by atoms with E-state index in [9.17, 15) is 14.4 Å². The maximum Gasteiger partial charge on any atom is 0.326 e. The SMILES string of the molecule is COC(=O)C(C)(C)CSCCC(NC=O)C(=O)O. The molecule has 1 unspecified atom stereocenters. The number of thioether (sulfide) groups is 1. The van der Waals surface area contributed by atoms with Gasteiger partial charge in [-0.3, -0.25) is 9.59 Å². The molecule has 0 aromatic carbocycles. The minimum absolute atomic E-state index is 0.296. The van der Waals surface area contributed by atoms with E-state index in [4.69, 9.17) is 5.11 Å². The van der Waals surface area contributed by atoms with E-state index in [1.54, 1.807) is 13.8 Å². The number of carbonyl (C=O) groups excluding carboxylic acids is 2. The molecule has 0 aromatic heterocycles. The molecule has 0 spiro atoms. The molecule has 0 saturated heterocycles. The molecule has 0 rings (SSSR count). The van der Waals surface area contributed by atoms with Crippen LogP contribution in [0, 0.1) is 5.41 Å². The Balaban J connectivity index is 4.01. The third-order valence-electron chi connectivity index (χ3n) is 2.32. The molecule has 0 aromatic rings. The Bertz CT molecular complexity index is 306. The molecule has 0 radical (unpaired) electrons. The van der Waals surface area contributed by atoms with Crippen molar-refractivity contribution >= 4 is 30.1 Å². The van der Waals surface area contributed by atoms with Gasteiger partial charge in [0.1, 0.15) is 6.04 Å². The van der Waals surface area contributed by atoms with Crippen molar-refractivity contribution in [1.82, 2.24) is 5.32 Å². The highest BCUT2D eigenvalue weighted by Crippen LogP contribution is 2.23. The quantitative estimate of drug-likeness (QED) is 0.362. The van der Waals surface area contributed by atoms with Gasteiger partial charge in [-0.2, -0.15) is 11.8 Å². The molecule has 0 saturated carbocycles. The number of nitrogens with one attached hydrogen (secondary N) is 1. The minimum atomic E-state index is -1.06. The van der Waals surface area contributed by atoms with E-state index < -0.39 is 17.4 Å². The van der Waals surface area contributed by atoms with Crippen LogP contribution in [0.2, 0.25) is 0 Å². The van der Waals surface area contributed by atoms with Crippen LogP contribution in [0.5, 0.6) is 0 Å². The normalized spacial score (nSPS) is 12.6. The summed E-state index contributed by atoms with van der Waals surface area (Å²) in [5.74, 6) is -0.281. The van der Waals surface area contributed by atoms with E-state index in [0.717, 1.165) is 0 Å². The van der Waals surface area contributed by atoms with E-state index in [0.29, 0.717) is 24.3 Å². The first kappa shape index (κ1) is 16.8. The first-order valence-electron chi connectivity index (χ1n) is 5.44. The molecule has 104 valence electrons. The molecule has 1 atom stereocenters. The summed E-state index contributed by atoms with van der Waals surface area (Å²) in [6.45, 7) is 3.54. The number of hydrogen-bond acceptors (Lipinski definition) is 5. The molecule has 7 heteroatoms. The number of carboxylic acid groups (broad SMARTS) is 1. The molecule has 6 nitrogen and oxygen atoms in total. The smallest absolute Gasteiger partial charge is 0.326 e. The molecule has 2 N–H and O–H groups in total. The Hall–Kier alpha value is -1.24. The highest BCUT2D eigenvalue weighted by molar-refractivity contribution is 7.99. The fourth-order valence-corrected chi connectivity index (χ4v) is 2.40. The number of rotatable bonds is 9. The topological polar surface area (TPSA) is 92.7 Å². The van der Waals surface area contributed by atoms with E-state index in [1.165, 1.54) is 18.9 Å². The van der Waals surface area contributed by atoms with Gasteiger partial charge in [0.2, 0.25) is 6.41 Å². The van der Waals surface area contributed by atoms with Gasteiger partial charge in [-0.1, -0.05) is 0 Å². The number of amides is 1. The van der Waals surface area contributed by atoms with Crippen molar-refractivity contribution in [3.05, 3.63) is 0 Å². The summed E-state index contributed by atoms with van der Waals surface area (Å²) in [5, 5.41) is 11.0. The van der Waals surface area contributed by atoms with Crippen LogP contribution < -0.4 is 5.32 Å². The second kappa shape index (κ2) is 7.97. The molecule has 0 aliphatic carbocycles. The molecule has 0 bridgehead atoms. The highest BCUT2D eigenvalue weighted by atomic mass is 32.2. The number of aliphatic carboxylic acids is 1. The van der Waals surface area contributed by atoms with Crippen molar-refractivity contribution < 1.29 is 24.2 Å². The second-order valence-electron chi connectivity index (χ2n) is 4.39. The van der Waals surface area contributed by atoms with Gasteiger partial charge in [-0.15, -0.1) is 0 Å². The van der Waals surface area contributed by atoms with Crippen LogP contribution >= 0.6 is 11.8 Å². The van der Waals surface area contributed by atoms with Gasteiger partial charge < -0.3 is 15.2 Å². The zero-order valence-corrected chi connectivity index (χ0v) is 11.6. The predicted molar refractivity (Wildman–Crippen MR) is 68.4 cm³/mol. The van der Waals surface area contributed by atoms with E-state index >= 15 is 0 Å². The van der Waals surface area contributed by atoms with Gasteiger partial charge in [0.15, 0.2) is 0 Å². The average Bonchev–Trinajstić information content (AvgIpc) is 2.31. The Kier molecular flexibility index (Phi) is 7.42. The van der Waals surface area contributed by atoms with Crippen molar-refractivity contribution in [1.29, 1.82) is 0 Å². The van der Waals surface area contributed by atoms with Crippen LogP contribution in [-0.4, -0.2) is 48.1 Å². The summed E-state index contributed by atoms with van der Waals surface area (Å²) in [5.41, 5.74) is -0.601. The fourth-order valence-electron chi connectivity index (χ4n) is 1.22. The molecule has 0 heterocycles. The average molecular weight is 277 g/mol. The Morgan fingerprint density at radius 2 is 2.11 bits per heavy atom. The summed E-state index contributed by atoms with van der Waals surface area (Å²) < 4.78 is 4.66. The molecular weight excluding hydrogens is 258 g/mol. The Labute approximate surface area is 110 Å². The van der Waals surface area contributed by atoms with Gasteiger partial charge in [0.05, 0.1) is 12.5 Å². The Morgan fingerprint density at radius 1 is 1.50 bits per heavy atom. The van der Waals surface area contributed by atoms with E-state index in [2.05, 4.69) is 10.1 Å². The summed E-state index contributed by atoms with van der Waals surface area (Å²) in [7, 11) is 1.34. The fraction of sp³-hybridized carbons (Fsp3) is 0.727. The standard InChI is InChI=1S/C11H19NO5S/c1-11(2,10(16)17-3)6-18-5-4-8(9(14)15)12-7-13/h7-8H,4-6H2,1-3H3,(H,12,13)(H,14,15). The predicted octanol–water partition coefficient (Wildman–Crippen LogP) is 0.508. The summed E-state index contributed by atoms with van der Waals surface area (Å²) in [6.07, 6.45) is 0.692. The van der Waals surface area contributed by atoms with Crippen LogP contribution in [0.25, 0.3) is 0 Å². The van der Waals surface area contributed by atoms with Gasteiger partial charge in [0, 0.05) is 5.75 Å². The lowest BCUT2D eigenvalue weighted by atomic mass is 9.97. The van der Waals surface area contributed by atoms with Crippen molar-refractivity contribution in [2.24, 2.45) is 5.41 Å². The Morgan fingerprint density at radius 3 is 2.56 bits per heavy atom. The van der Waals surface area contributed by atoms with Gasteiger partial charge >= 0.3 is 11.9 Å². The largest absolute Gasteiger partial charge is 0.480 e. The molecule has 0 aliphatic heterocycles. The van der Waals surface area contributed by atoms with Gasteiger partial charge in [0.25, 0.3) is 0 Å². The van der Waals surface area contributed by atoms with Crippen LogP contribution in [0.4, 0.5) is 0 Å². The van der Waals surface area contributed by atoms with E-state index in [-0.39, 0.29) is 5.97 Å². The van der Waals surface area contributed by atoms with Gasteiger partial charge in [-0.05, 0) is 26.0 Å². The zero-order valence-electron chi connectivity index (χ0n) is 10.8. The lowest BCUT2D eigenvalue weighted by Gasteiger charge is -2.21. The summed E-state index contributed by atoms with van der Waals surface area (Å²) in [6, 6.07) is -0.878. The molecule has 18 heavy (non-hydrogen) atoms. The number of methoxy groups -OCH3 is 1. The highest BCUT2D eigenvalue weighted by Gasteiger charge is 2.28. The first-order chi connectivity index (χ1) is 8.35. The summed E-state index contributed by atoms with van der Waals surface area (Å²) >= 11 is 1.46. The van der Waals surface area contributed by atoms with E-state index in [1.807, 2.05) is 0 Å². The second-order valence-corrected chi connectivity index (χ2v) is 5.50. The van der Waals surface area contributed by atoms with Crippen LogP contribution in [0.3, 0.4) is 0 Å². The van der Waals surface area contributed by atoms with Gasteiger partial charge in [-0.25, -0.2) is 4.79 Å². The maximum atomic E-state index is 11.4. The van der Waals surface area contributed by atoms with Crippen LogP contribution in [0.15, 0.2) is 0 Å². The third-order valence-corrected chi connectivity index (χ3v) is 3.77. The lowest BCUT2D eigenvalue weighted by molar-refractivity contribution is -0.149. The zero-order chi connectivity index (χ0) is 14.2. The number of esters is 1. The number of carboxylic acids is 1. The van der Waals surface area contributed by atoms with Crippen molar-refractivity contribution in [2.75, 3.05) is 18.6 Å². The van der Waals surface area contributed by atoms with Crippen molar-refractivity contribution in [3.8, 4) is 0 Å². The monoisotopic (exact) mass is 277 g/mol. The minimum Gasteiger partial charge on any atom is -0.480 e. The van der Waals surface area contributed by atoms with Crippen molar-refractivity contribution in [2.45, 2.75) is 26.3 Å². The number of hydrogen-bond donors (Lipinski definition) is 2. The molecular formula is C11H19NO5S. The van der Waals surface area contributed by atoms with Crippen LogP contribution in [0.1, 0.15) is 20.3 Å². The summed E-state index contributed by atoms with van der Waals surface area (Å²) in [4.78, 5) is 32.3. The van der Waals surface area contributed by atoms with Crippen LogP contribution in [-0.2, 0) is 19.1 Å². The third kappa shape index (κ3) is 5.90. The first-order valence-corrected chi connectivity index (χ1v) is 6.59. The molecule has 1 amide bonds. The number of ether oxygens (including phenoxy) is 1. The maximum absolute atomic E-state index is 11.4. The molecule has 0 fully saturated rings. The number of carbonyl (C=O) groups is 3.